The third-order valence-electron chi connectivity index (χ3n) is 4.53. The number of hydrogen-bond acceptors (Lipinski definition) is 8. The van der Waals surface area contributed by atoms with Gasteiger partial charge in [-0.3, -0.25) is 4.79 Å². The summed E-state index contributed by atoms with van der Waals surface area (Å²) in [6.45, 7) is 3.71. The van der Waals surface area contributed by atoms with Crippen LogP contribution in [0.1, 0.15) is 24.5 Å². The van der Waals surface area contributed by atoms with E-state index in [0.717, 1.165) is 5.82 Å². The largest absolute Gasteiger partial charge is 0.460 e. The minimum atomic E-state index is -0.557. The molecular weight excluding hydrogens is 375 g/mol. The Morgan fingerprint density at radius 3 is 2.59 bits per heavy atom. The Bertz CT molecular complexity index is 933. The van der Waals surface area contributed by atoms with Gasteiger partial charge in [-0.25, -0.2) is 14.4 Å². The van der Waals surface area contributed by atoms with Crippen molar-refractivity contribution in [3.63, 3.8) is 0 Å². The molecule has 0 radical (unpaired) electrons. The summed E-state index contributed by atoms with van der Waals surface area (Å²) in [5, 5.41) is 16.2. The number of hydrogen-bond donors (Lipinski definition) is 1. The number of esters is 1. The Morgan fingerprint density at radius 1 is 1.24 bits per heavy atom. The van der Waals surface area contributed by atoms with Crippen LogP contribution in [-0.4, -0.2) is 47.8 Å². The summed E-state index contributed by atoms with van der Waals surface area (Å²) in [5.41, 5.74) is 0.953. The molecule has 1 aliphatic heterocycles. The number of aromatic nitrogens is 2. The van der Waals surface area contributed by atoms with Gasteiger partial charge in [0.15, 0.2) is 11.6 Å². The lowest BCUT2D eigenvalue weighted by molar-refractivity contribution is -0.143. The van der Waals surface area contributed by atoms with Gasteiger partial charge in [0.2, 0.25) is 0 Å². The third kappa shape index (κ3) is 5.04. The molecule has 1 aliphatic rings. The number of ether oxygens (including phenoxy) is 1. The lowest BCUT2D eigenvalue weighted by Gasteiger charge is -2.36. The van der Waals surface area contributed by atoms with Crippen molar-refractivity contribution in [2.75, 3.05) is 36.0 Å². The maximum Gasteiger partial charge on any atom is 0.311 e. The highest BCUT2D eigenvalue weighted by Gasteiger charge is 2.23. The van der Waals surface area contributed by atoms with Crippen molar-refractivity contribution in [2.45, 2.75) is 20.0 Å². The Balaban J connectivity index is 1.62. The Hall–Kier alpha value is -3.54. The van der Waals surface area contributed by atoms with E-state index in [-0.39, 0.29) is 30.1 Å². The number of rotatable bonds is 6. The van der Waals surface area contributed by atoms with Gasteiger partial charge in [-0.15, -0.1) is 0 Å². The van der Waals surface area contributed by atoms with Gasteiger partial charge in [-0.05, 0) is 25.1 Å². The Labute approximate surface area is 168 Å². The van der Waals surface area contributed by atoms with Crippen molar-refractivity contribution in [3.8, 4) is 6.07 Å². The van der Waals surface area contributed by atoms with E-state index in [1.54, 1.807) is 12.1 Å². The zero-order valence-corrected chi connectivity index (χ0v) is 16.1. The molecule has 3 heterocycles. The summed E-state index contributed by atoms with van der Waals surface area (Å²) in [4.78, 5) is 24.0. The van der Waals surface area contributed by atoms with Gasteiger partial charge < -0.3 is 19.9 Å². The summed E-state index contributed by atoms with van der Waals surface area (Å²) in [6.07, 6.45) is 2.93. The highest BCUT2D eigenvalue weighted by molar-refractivity contribution is 5.95. The molecule has 0 unspecified atom stereocenters. The number of halogens is 1. The summed E-state index contributed by atoms with van der Waals surface area (Å²) in [7, 11) is 0. The second kappa shape index (κ2) is 9.10. The molecule has 2 aromatic rings. The van der Waals surface area contributed by atoms with Crippen LogP contribution in [0.15, 0.2) is 30.6 Å². The first-order valence-corrected chi connectivity index (χ1v) is 9.17. The van der Waals surface area contributed by atoms with Crippen LogP contribution < -0.4 is 9.80 Å². The molecule has 0 aromatic carbocycles. The van der Waals surface area contributed by atoms with E-state index in [1.165, 1.54) is 25.4 Å². The zero-order valence-electron chi connectivity index (χ0n) is 16.1. The van der Waals surface area contributed by atoms with Crippen LogP contribution in [0, 0.1) is 22.6 Å². The van der Waals surface area contributed by atoms with Gasteiger partial charge in [0.25, 0.3) is 0 Å². The second-order valence-corrected chi connectivity index (χ2v) is 6.72. The van der Waals surface area contributed by atoms with E-state index in [2.05, 4.69) is 14.9 Å². The summed E-state index contributed by atoms with van der Waals surface area (Å²) >= 11 is 0. The highest BCUT2D eigenvalue weighted by atomic mass is 19.1. The van der Waals surface area contributed by atoms with Crippen LogP contribution in [0.5, 0.6) is 0 Å². The average Bonchev–Trinajstić information content (AvgIpc) is 2.73. The first kappa shape index (κ1) is 20.2. The molecule has 9 heteroatoms. The number of nitriles is 1. The van der Waals surface area contributed by atoms with Gasteiger partial charge >= 0.3 is 5.97 Å². The number of piperazine rings is 1. The van der Waals surface area contributed by atoms with Gasteiger partial charge in [0, 0.05) is 49.8 Å². The number of carbonyl (C=O) groups is 1. The van der Waals surface area contributed by atoms with Crippen molar-refractivity contribution >= 4 is 23.3 Å². The number of carbonyl (C=O) groups excluding carboxylic acids is 1. The summed E-state index contributed by atoms with van der Waals surface area (Å²) < 4.78 is 19.9. The van der Waals surface area contributed by atoms with Crippen LogP contribution in [-0.2, 0) is 16.1 Å². The fourth-order valence-electron chi connectivity index (χ4n) is 3.02. The van der Waals surface area contributed by atoms with Crippen molar-refractivity contribution in [1.29, 1.82) is 10.7 Å². The molecule has 0 amide bonds. The first-order valence-electron chi connectivity index (χ1n) is 9.17. The van der Waals surface area contributed by atoms with Crippen LogP contribution in [0.4, 0.5) is 16.0 Å². The predicted octanol–water partition coefficient (Wildman–Crippen LogP) is 2.29. The van der Waals surface area contributed by atoms with E-state index in [0.29, 0.717) is 31.7 Å². The number of nitrogens with one attached hydrogen (secondary N) is 1. The van der Waals surface area contributed by atoms with Crippen LogP contribution in [0.2, 0.25) is 0 Å². The van der Waals surface area contributed by atoms with E-state index in [4.69, 9.17) is 15.4 Å². The lowest BCUT2D eigenvalue weighted by atomic mass is 10.2. The standard InChI is InChI=1S/C20H21FN6O2/c1-14(23)10-18(28)29-13-16-4-5-24-20(19(16)21)27-8-6-26(7-9-27)17-3-2-15(11-22)12-25-17/h2-5,12,23H,6-10,13H2,1H3. The van der Waals surface area contributed by atoms with E-state index in [9.17, 15) is 9.18 Å². The van der Waals surface area contributed by atoms with Crippen LogP contribution in [0.3, 0.4) is 0 Å². The fourth-order valence-corrected chi connectivity index (χ4v) is 3.02. The third-order valence-corrected chi connectivity index (χ3v) is 4.53. The van der Waals surface area contributed by atoms with E-state index < -0.39 is 11.8 Å². The van der Waals surface area contributed by atoms with Gasteiger partial charge in [0.05, 0.1) is 12.0 Å². The minimum absolute atomic E-state index is 0.106. The Kier molecular flexibility index (Phi) is 6.34. The molecule has 1 fully saturated rings. The maximum absolute atomic E-state index is 14.9. The number of nitrogens with zero attached hydrogens (tertiary/aromatic N) is 5. The molecule has 150 valence electrons. The van der Waals surface area contributed by atoms with E-state index >= 15 is 0 Å². The molecule has 0 spiro atoms. The van der Waals surface area contributed by atoms with Crippen molar-refractivity contribution in [1.82, 2.24) is 9.97 Å². The normalized spacial score (nSPS) is 13.7. The highest BCUT2D eigenvalue weighted by Crippen LogP contribution is 2.23. The van der Waals surface area contributed by atoms with Gasteiger partial charge in [-0.1, -0.05) is 0 Å². The molecule has 8 nitrogen and oxygen atoms in total. The maximum atomic E-state index is 14.9. The fraction of sp³-hybridized carbons (Fsp3) is 0.350. The quantitative estimate of drug-likeness (QED) is 0.590. The molecule has 0 bridgehead atoms. The molecule has 0 aliphatic carbocycles. The lowest BCUT2D eigenvalue weighted by Crippen LogP contribution is -2.47. The van der Waals surface area contributed by atoms with Crippen molar-refractivity contribution in [2.24, 2.45) is 0 Å². The molecule has 1 saturated heterocycles. The van der Waals surface area contributed by atoms with Gasteiger partial charge in [0.1, 0.15) is 18.5 Å². The molecule has 29 heavy (non-hydrogen) atoms. The molecule has 0 atom stereocenters. The monoisotopic (exact) mass is 396 g/mol. The van der Waals surface area contributed by atoms with Crippen LogP contribution >= 0.6 is 0 Å². The summed E-state index contributed by atoms with van der Waals surface area (Å²) in [5.74, 6) is -0.0518. The topological polar surface area (TPSA) is 106 Å². The predicted molar refractivity (Wildman–Crippen MR) is 105 cm³/mol. The number of pyridine rings is 2. The second-order valence-electron chi connectivity index (χ2n) is 6.72. The smallest absolute Gasteiger partial charge is 0.311 e. The first-order chi connectivity index (χ1) is 14.0. The van der Waals surface area contributed by atoms with E-state index in [1.807, 2.05) is 11.0 Å². The average molecular weight is 396 g/mol. The van der Waals surface area contributed by atoms with Gasteiger partial charge in [-0.2, -0.15) is 5.26 Å². The molecule has 0 saturated carbocycles. The molecule has 1 N–H and O–H groups in total. The van der Waals surface area contributed by atoms with Crippen molar-refractivity contribution in [3.05, 3.63) is 47.5 Å². The molecule has 2 aromatic heterocycles. The molecular formula is C20H21FN6O2. The SMILES string of the molecule is CC(=N)CC(=O)OCc1ccnc(N2CCN(c3ccc(C#N)cn3)CC2)c1F. The minimum Gasteiger partial charge on any atom is -0.460 e. The Morgan fingerprint density at radius 2 is 1.97 bits per heavy atom. The van der Waals surface area contributed by atoms with Crippen molar-refractivity contribution < 1.29 is 13.9 Å². The summed E-state index contributed by atoms with van der Waals surface area (Å²) in [6, 6.07) is 7.06. The number of anilines is 2. The molecule has 3 rings (SSSR count). The van der Waals surface area contributed by atoms with Crippen LogP contribution in [0.25, 0.3) is 0 Å². The zero-order chi connectivity index (χ0) is 20.8.